The third-order valence-corrected chi connectivity index (χ3v) is 2.12. The number of imidazole rings is 1. The molecule has 0 fully saturated rings. The van der Waals surface area contributed by atoms with E-state index in [2.05, 4.69) is 23.4 Å². The molecule has 0 aliphatic heterocycles. The van der Waals surface area contributed by atoms with E-state index < -0.39 is 0 Å². The van der Waals surface area contributed by atoms with Gasteiger partial charge in [0.2, 0.25) is 0 Å². The molecular formula is C11H12N3. The van der Waals surface area contributed by atoms with Crippen LogP contribution in [0.3, 0.4) is 0 Å². The van der Waals surface area contributed by atoms with E-state index in [9.17, 15) is 0 Å². The summed E-state index contributed by atoms with van der Waals surface area (Å²) in [4.78, 5) is 3.87. The van der Waals surface area contributed by atoms with Crippen molar-refractivity contribution in [3.63, 3.8) is 0 Å². The van der Waals surface area contributed by atoms with E-state index in [0.717, 1.165) is 12.1 Å². The van der Waals surface area contributed by atoms with Gasteiger partial charge in [-0.25, -0.2) is 4.98 Å². The van der Waals surface area contributed by atoms with Gasteiger partial charge in [0.1, 0.15) is 0 Å². The fraction of sp³-hybridized carbons (Fsp3) is 0.182. The largest absolute Gasteiger partial charge is 0.326 e. The molecule has 0 aliphatic carbocycles. The van der Waals surface area contributed by atoms with E-state index in [4.69, 9.17) is 5.73 Å². The molecule has 71 valence electrons. The average Bonchev–Trinajstić information content (AvgIpc) is 2.72. The topological polar surface area (TPSA) is 43.8 Å². The maximum atomic E-state index is 5.51. The summed E-state index contributed by atoms with van der Waals surface area (Å²) in [5.74, 6) is 0. The Balaban J connectivity index is 2.10. The molecule has 3 heteroatoms. The molecule has 0 spiro atoms. The zero-order valence-electron chi connectivity index (χ0n) is 7.85. The first-order valence-electron chi connectivity index (χ1n) is 4.55. The summed E-state index contributed by atoms with van der Waals surface area (Å²) in [6, 6.07) is 8.25. The summed E-state index contributed by atoms with van der Waals surface area (Å²) in [6.07, 6.45) is 6.49. The minimum absolute atomic E-state index is 0.595. The summed E-state index contributed by atoms with van der Waals surface area (Å²) >= 11 is 0. The number of hydrogen-bond acceptors (Lipinski definition) is 2. The lowest BCUT2D eigenvalue weighted by Crippen LogP contribution is -1.99. The predicted octanol–water partition coefficient (Wildman–Crippen LogP) is 1.19. The SMILES string of the molecule is NCc1ccc(Cn2[c]ncc2)cc1. The normalized spacial score (nSPS) is 10.4. The van der Waals surface area contributed by atoms with E-state index in [1.807, 2.05) is 22.9 Å². The Kier molecular flexibility index (Phi) is 2.60. The van der Waals surface area contributed by atoms with E-state index in [1.165, 1.54) is 5.56 Å². The van der Waals surface area contributed by atoms with Gasteiger partial charge in [-0.1, -0.05) is 24.3 Å². The summed E-state index contributed by atoms with van der Waals surface area (Å²) in [5, 5.41) is 0. The molecule has 0 atom stereocenters. The van der Waals surface area contributed by atoms with Crippen LogP contribution >= 0.6 is 0 Å². The van der Waals surface area contributed by atoms with Crippen LogP contribution in [-0.4, -0.2) is 9.55 Å². The number of rotatable bonds is 3. The second kappa shape index (κ2) is 4.07. The highest BCUT2D eigenvalue weighted by atomic mass is 15.0. The van der Waals surface area contributed by atoms with Crippen molar-refractivity contribution in [1.82, 2.24) is 9.55 Å². The molecular weight excluding hydrogens is 174 g/mol. The lowest BCUT2D eigenvalue weighted by atomic mass is 10.1. The number of nitrogens with two attached hydrogens (primary N) is 1. The summed E-state index contributed by atoms with van der Waals surface area (Å²) < 4.78 is 1.91. The number of nitrogens with zero attached hydrogens (tertiary/aromatic N) is 2. The number of aromatic nitrogens is 2. The third-order valence-electron chi connectivity index (χ3n) is 2.12. The van der Waals surface area contributed by atoms with Crippen LogP contribution in [0.5, 0.6) is 0 Å². The lowest BCUT2D eigenvalue weighted by molar-refractivity contribution is 0.789. The summed E-state index contributed by atoms with van der Waals surface area (Å²) in [6.45, 7) is 1.41. The third kappa shape index (κ3) is 2.00. The molecule has 14 heavy (non-hydrogen) atoms. The highest BCUT2D eigenvalue weighted by Gasteiger charge is 1.94. The lowest BCUT2D eigenvalue weighted by Gasteiger charge is -2.02. The molecule has 1 radical (unpaired) electrons. The molecule has 0 aliphatic rings. The van der Waals surface area contributed by atoms with Crippen LogP contribution in [0.25, 0.3) is 0 Å². The van der Waals surface area contributed by atoms with Crippen molar-refractivity contribution in [3.8, 4) is 0 Å². The fourth-order valence-corrected chi connectivity index (χ4v) is 1.32. The molecule has 1 aromatic heterocycles. The minimum atomic E-state index is 0.595. The van der Waals surface area contributed by atoms with Gasteiger partial charge in [-0.2, -0.15) is 0 Å². The van der Waals surface area contributed by atoms with Crippen molar-refractivity contribution in [2.75, 3.05) is 0 Å². The molecule has 0 amide bonds. The van der Waals surface area contributed by atoms with Crippen LogP contribution in [0, 0.1) is 6.33 Å². The van der Waals surface area contributed by atoms with Gasteiger partial charge >= 0.3 is 0 Å². The second-order valence-corrected chi connectivity index (χ2v) is 3.18. The van der Waals surface area contributed by atoms with E-state index in [1.54, 1.807) is 6.20 Å². The first-order valence-corrected chi connectivity index (χ1v) is 4.55. The smallest absolute Gasteiger partial charge is 0.176 e. The van der Waals surface area contributed by atoms with Crippen LogP contribution in [0.1, 0.15) is 11.1 Å². The maximum Gasteiger partial charge on any atom is 0.176 e. The Morgan fingerprint density at radius 1 is 1.21 bits per heavy atom. The molecule has 2 N–H and O–H groups in total. The van der Waals surface area contributed by atoms with Crippen LogP contribution in [-0.2, 0) is 13.1 Å². The van der Waals surface area contributed by atoms with Crippen LogP contribution in [0.2, 0.25) is 0 Å². The van der Waals surface area contributed by atoms with Crippen molar-refractivity contribution in [3.05, 3.63) is 54.1 Å². The maximum absolute atomic E-state index is 5.51. The first kappa shape index (κ1) is 8.97. The van der Waals surface area contributed by atoms with E-state index in [-0.39, 0.29) is 0 Å². The molecule has 2 rings (SSSR count). The van der Waals surface area contributed by atoms with E-state index >= 15 is 0 Å². The van der Waals surface area contributed by atoms with Crippen LogP contribution in [0.15, 0.2) is 36.7 Å². The van der Waals surface area contributed by atoms with Crippen LogP contribution < -0.4 is 5.73 Å². The van der Waals surface area contributed by atoms with Gasteiger partial charge in [0, 0.05) is 25.5 Å². The Bertz CT molecular complexity index is 375. The molecule has 1 aromatic carbocycles. The summed E-state index contributed by atoms with van der Waals surface area (Å²) in [5.41, 5.74) is 7.90. The summed E-state index contributed by atoms with van der Waals surface area (Å²) in [7, 11) is 0. The van der Waals surface area contributed by atoms with Crippen molar-refractivity contribution in [2.45, 2.75) is 13.1 Å². The van der Waals surface area contributed by atoms with Crippen molar-refractivity contribution in [1.29, 1.82) is 0 Å². The van der Waals surface area contributed by atoms with Crippen LogP contribution in [0.4, 0.5) is 0 Å². The molecule has 2 aromatic rings. The van der Waals surface area contributed by atoms with Crippen molar-refractivity contribution in [2.24, 2.45) is 5.73 Å². The van der Waals surface area contributed by atoms with Gasteiger partial charge in [-0.15, -0.1) is 0 Å². The fourth-order valence-electron chi connectivity index (χ4n) is 1.32. The molecule has 0 unspecified atom stereocenters. The standard InChI is InChI=1S/C11H12N3/c12-7-10-1-3-11(4-2-10)8-14-6-5-13-9-14/h1-6H,7-8,12H2. The monoisotopic (exact) mass is 186 g/mol. The van der Waals surface area contributed by atoms with Gasteiger partial charge in [0.05, 0.1) is 0 Å². The second-order valence-electron chi connectivity index (χ2n) is 3.18. The van der Waals surface area contributed by atoms with Gasteiger partial charge in [-0.05, 0) is 11.1 Å². The molecule has 3 nitrogen and oxygen atoms in total. The van der Waals surface area contributed by atoms with Gasteiger partial charge in [0.15, 0.2) is 6.33 Å². The Morgan fingerprint density at radius 3 is 2.50 bits per heavy atom. The Labute approximate surface area is 83.2 Å². The van der Waals surface area contributed by atoms with Gasteiger partial charge in [-0.3, -0.25) is 0 Å². The van der Waals surface area contributed by atoms with E-state index in [0.29, 0.717) is 6.54 Å². The molecule has 0 saturated carbocycles. The highest BCUT2D eigenvalue weighted by molar-refractivity contribution is 5.22. The molecule has 0 bridgehead atoms. The van der Waals surface area contributed by atoms with Gasteiger partial charge < -0.3 is 10.3 Å². The zero-order chi connectivity index (χ0) is 9.80. The number of hydrogen-bond donors (Lipinski definition) is 1. The first-order chi connectivity index (χ1) is 6.88. The minimum Gasteiger partial charge on any atom is -0.326 e. The van der Waals surface area contributed by atoms with Crippen molar-refractivity contribution >= 4 is 0 Å². The Morgan fingerprint density at radius 2 is 1.93 bits per heavy atom. The molecule has 1 heterocycles. The Hall–Kier alpha value is -1.61. The van der Waals surface area contributed by atoms with Gasteiger partial charge in [0.25, 0.3) is 0 Å². The predicted molar refractivity (Wildman–Crippen MR) is 54.5 cm³/mol. The average molecular weight is 186 g/mol. The zero-order valence-corrected chi connectivity index (χ0v) is 7.85. The highest BCUT2D eigenvalue weighted by Crippen LogP contribution is 2.05. The number of benzene rings is 1. The van der Waals surface area contributed by atoms with Crippen molar-refractivity contribution < 1.29 is 0 Å². The quantitative estimate of drug-likeness (QED) is 0.782. The molecule has 0 saturated heterocycles.